The van der Waals surface area contributed by atoms with E-state index in [1.807, 2.05) is 13.8 Å². The van der Waals surface area contributed by atoms with Gasteiger partial charge in [-0.1, -0.05) is 13.8 Å². The van der Waals surface area contributed by atoms with Gasteiger partial charge in [-0.2, -0.15) is 0 Å². The van der Waals surface area contributed by atoms with Crippen LogP contribution in [-0.4, -0.2) is 75.4 Å². The van der Waals surface area contributed by atoms with Crippen molar-refractivity contribution in [2.75, 3.05) is 59.5 Å². The molecular formula is C12H27N3O. The molecule has 0 aliphatic carbocycles. The smallest absolute Gasteiger partial charge is 0.0826 e. The van der Waals surface area contributed by atoms with Gasteiger partial charge in [0, 0.05) is 45.8 Å². The number of rotatable bonds is 2. The summed E-state index contributed by atoms with van der Waals surface area (Å²) in [6.07, 6.45) is 0.409. The van der Waals surface area contributed by atoms with E-state index in [-0.39, 0.29) is 0 Å². The zero-order chi connectivity index (χ0) is 11.8. The fourth-order valence-electron chi connectivity index (χ4n) is 2.06. The Balaban J connectivity index is 0.000000606. The fourth-order valence-corrected chi connectivity index (χ4v) is 2.06. The van der Waals surface area contributed by atoms with E-state index in [2.05, 4.69) is 22.2 Å². The van der Waals surface area contributed by atoms with Crippen LogP contribution in [0.15, 0.2) is 0 Å². The number of piperazine rings is 1. The number of morpholine rings is 1. The molecule has 2 rings (SSSR count). The van der Waals surface area contributed by atoms with Crippen LogP contribution >= 0.6 is 0 Å². The van der Waals surface area contributed by atoms with Gasteiger partial charge in [-0.25, -0.2) is 0 Å². The van der Waals surface area contributed by atoms with Gasteiger partial charge in [0.1, 0.15) is 0 Å². The second-order valence-electron chi connectivity index (χ2n) is 4.30. The first-order valence-electron chi connectivity index (χ1n) is 6.58. The number of nitrogens with one attached hydrogen (secondary N) is 1. The van der Waals surface area contributed by atoms with Crippen LogP contribution < -0.4 is 5.32 Å². The van der Waals surface area contributed by atoms with E-state index in [1.165, 1.54) is 26.2 Å². The molecule has 0 aromatic carbocycles. The summed E-state index contributed by atoms with van der Waals surface area (Å²) in [5.74, 6) is 0. The molecule has 4 nitrogen and oxygen atoms in total. The van der Waals surface area contributed by atoms with Gasteiger partial charge in [0.05, 0.1) is 12.7 Å². The monoisotopic (exact) mass is 229 g/mol. The lowest BCUT2D eigenvalue weighted by Crippen LogP contribution is -2.50. The van der Waals surface area contributed by atoms with Crippen molar-refractivity contribution in [2.24, 2.45) is 0 Å². The molecule has 2 saturated heterocycles. The summed E-state index contributed by atoms with van der Waals surface area (Å²) < 4.78 is 5.69. The molecule has 0 aromatic heterocycles. The number of nitrogens with zero attached hydrogens (tertiary/aromatic N) is 2. The molecule has 0 saturated carbocycles. The van der Waals surface area contributed by atoms with E-state index >= 15 is 0 Å². The van der Waals surface area contributed by atoms with Gasteiger partial charge in [0.25, 0.3) is 0 Å². The number of hydrogen-bond donors (Lipinski definition) is 1. The van der Waals surface area contributed by atoms with Gasteiger partial charge >= 0.3 is 0 Å². The maximum absolute atomic E-state index is 5.69. The van der Waals surface area contributed by atoms with E-state index in [0.717, 1.165) is 26.2 Å². The van der Waals surface area contributed by atoms with Crippen molar-refractivity contribution in [1.82, 2.24) is 15.1 Å². The minimum Gasteiger partial charge on any atom is -0.374 e. The Morgan fingerprint density at radius 3 is 2.44 bits per heavy atom. The van der Waals surface area contributed by atoms with Crippen molar-refractivity contribution in [3.8, 4) is 0 Å². The molecule has 16 heavy (non-hydrogen) atoms. The lowest BCUT2D eigenvalue weighted by atomic mass is 10.2. The highest BCUT2D eigenvalue weighted by Gasteiger charge is 2.20. The first-order valence-corrected chi connectivity index (χ1v) is 6.58. The molecule has 2 fully saturated rings. The van der Waals surface area contributed by atoms with Crippen LogP contribution in [0.25, 0.3) is 0 Å². The van der Waals surface area contributed by atoms with E-state index < -0.39 is 0 Å². The normalized spacial score (nSPS) is 28.3. The van der Waals surface area contributed by atoms with Crippen molar-refractivity contribution in [1.29, 1.82) is 0 Å². The molecule has 0 spiro atoms. The maximum atomic E-state index is 5.69. The minimum absolute atomic E-state index is 0.409. The Hall–Kier alpha value is -0.160. The Labute approximate surface area is 99.9 Å². The molecule has 2 aliphatic rings. The molecule has 1 N–H and O–H groups in total. The highest BCUT2D eigenvalue weighted by molar-refractivity contribution is 4.75. The molecule has 96 valence electrons. The largest absolute Gasteiger partial charge is 0.374 e. The zero-order valence-corrected chi connectivity index (χ0v) is 11.0. The van der Waals surface area contributed by atoms with Gasteiger partial charge in [-0.3, -0.25) is 4.90 Å². The van der Waals surface area contributed by atoms with E-state index in [4.69, 9.17) is 4.74 Å². The maximum Gasteiger partial charge on any atom is 0.0826 e. The van der Waals surface area contributed by atoms with Crippen LogP contribution in [0.1, 0.15) is 13.8 Å². The summed E-state index contributed by atoms with van der Waals surface area (Å²) in [5, 5.41) is 3.37. The fraction of sp³-hybridized carbons (Fsp3) is 1.00. The quantitative estimate of drug-likeness (QED) is 0.734. The molecule has 0 aromatic rings. The van der Waals surface area contributed by atoms with Gasteiger partial charge in [-0.15, -0.1) is 0 Å². The van der Waals surface area contributed by atoms with Crippen LogP contribution in [-0.2, 0) is 4.74 Å². The van der Waals surface area contributed by atoms with Crippen molar-refractivity contribution in [2.45, 2.75) is 20.0 Å². The highest BCUT2D eigenvalue weighted by Crippen LogP contribution is 2.03. The molecule has 2 heterocycles. The topological polar surface area (TPSA) is 27.7 Å². The van der Waals surface area contributed by atoms with Crippen molar-refractivity contribution in [3.63, 3.8) is 0 Å². The molecule has 1 atom stereocenters. The Kier molecular flexibility index (Phi) is 6.96. The lowest BCUT2D eigenvalue weighted by Gasteiger charge is -2.35. The van der Waals surface area contributed by atoms with E-state index in [0.29, 0.717) is 6.10 Å². The standard InChI is InChI=1S/C10H21N3O.C2H6/c1-12-3-5-13(6-4-12)9-10-8-11-2-7-14-10;1-2/h10-11H,2-9H2,1H3;1-2H3. The third kappa shape index (κ3) is 4.78. The van der Waals surface area contributed by atoms with E-state index in [9.17, 15) is 0 Å². The van der Waals surface area contributed by atoms with Gasteiger partial charge in [0.15, 0.2) is 0 Å². The summed E-state index contributed by atoms with van der Waals surface area (Å²) >= 11 is 0. The van der Waals surface area contributed by atoms with E-state index in [1.54, 1.807) is 0 Å². The third-order valence-electron chi connectivity index (χ3n) is 3.06. The first-order chi connectivity index (χ1) is 7.84. The van der Waals surface area contributed by atoms with Crippen LogP contribution in [0.4, 0.5) is 0 Å². The predicted octanol–water partition coefficient (Wildman–Crippen LogP) is 0.248. The average molecular weight is 229 g/mol. The Bertz CT molecular complexity index is 164. The predicted molar refractivity (Wildman–Crippen MR) is 67.9 cm³/mol. The van der Waals surface area contributed by atoms with Gasteiger partial charge in [0.2, 0.25) is 0 Å². The summed E-state index contributed by atoms with van der Waals surface area (Å²) in [7, 11) is 2.19. The summed E-state index contributed by atoms with van der Waals surface area (Å²) in [4.78, 5) is 4.90. The molecule has 0 radical (unpaired) electrons. The molecule has 4 heteroatoms. The van der Waals surface area contributed by atoms with Crippen LogP contribution in [0.2, 0.25) is 0 Å². The second kappa shape index (κ2) is 8.01. The van der Waals surface area contributed by atoms with Crippen LogP contribution in [0.5, 0.6) is 0 Å². The third-order valence-corrected chi connectivity index (χ3v) is 3.06. The highest BCUT2D eigenvalue weighted by atomic mass is 16.5. The zero-order valence-electron chi connectivity index (χ0n) is 11.0. The molecule has 0 bridgehead atoms. The minimum atomic E-state index is 0.409. The van der Waals surface area contributed by atoms with Gasteiger partial charge in [-0.05, 0) is 7.05 Å². The molecule has 0 amide bonds. The van der Waals surface area contributed by atoms with Crippen molar-refractivity contribution >= 4 is 0 Å². The molecular weight excluding hydrogens is 202 g/mol. The Morgan fingerprint density at radius 1 is 1.19 bits per heavy atom. The van der Waals surface area contributed by atoms with Crippen LogP contribution in [0.3, 0.4) is 0 Å². The molecule has 1 unspecified atom stereocenters. The average Bonchev–Trinajstić information content (AvgIpc) is 2.36. The summed E-state index contributed by atoms with van der Waals surface area (Å²) in [6.45, 7) is 12.8. The Morgan fingerprint density at radius 2 is 1.88 bits per heavy atom. The number of likely N-dealkylation sites (N-methyl/N-ethyl adjacent to an activating group) is 1. The number of ether oxygens (including phenoxy) is 1. The summed E-state index contributed by atoms with van der Waals surface area (Å²) in [5.41, 5.74) is 0. The SMILES string of the molecule is CC.CN1CCN(CC2CNCCO2)CC1. The number of hydrogen-bond acceptors (Lipinski definition) is 4. The summed E-state index contributed by atoms with van der Waals surface area (Å²) in [6, 6.07) is 0. The van der Waals surface area contributed by atoms with Crippen LogP contribution in [0, 0.1) is 0 Å². The lowest BCUT2D eigenvalue weighted by molar-refractivity contribution is -0.00229. The van der Waals surface area contributed by atoms with Gasteiger partial charge < -0.3 is 15.0 Å². The second-order valence-corrected chi connectivity index (χ2v) is 4.30. The first kappa shape index (κ1) is 13.9. The van der Waals surface area contributed by atoms with Crippen molar-refractivity contribution in [3.05, 3.63) is 0 Å². The molecule has 2 aliphatic heterocycles. The van der Waals surface area contributed by atoms with Crippen molar-refractivity contribution < 1.29 is 4.74 Å².